The topological polar surface area (TPSA) is 0 Å². The van der Waals surface area contributed by atoms with Gasteiger partial charge in [0.15, 0.2) is 0 Å². The van der Waals surface area contributed by atoms with Gasteiger partial charge in [-0.15, -0.1) is 0 Å². The molecule has 0 bridgehead atoms. The average Bonchev–Trinajstić information content (AvgIpc) is 1.77. The Morgan fingerprint density at radius 3 is 2.62 bits per heavy atom. The fourth-order valence-electron chi connectivity index (χ4n) is 0.629. The van der Waals surface area contributed by atoms with E-state index in [1.165, 1.54) is 10.9 Å². The van der Waals surface area contributed by atoms with E-state index in [0.29, 0.717) is 0 Å². The number of allylic oxidation sites excluding steroid dienone is 4. The molecule has 0 N–H and O–H groups in total. The monoisotopic (exact) mass is 174 g/mol. The molecule has 0 aromatic heterocycles. The normalized spacial score (nSPS) is 19.8. The SMILES string of the molecule is CC1=C(C)[Se]CC=C1. The van der Waals surface area contributed by atoms with E-state index in [4.69, 9.17) is 0 Å². The molecule has 1 heterocycles. The summed E-state index contributed by atoms with van der Waals surface area (Å²) in [5.74, 6) is 0. The summed E-state index contributed by atoms with van der Waals surface area (Å²) in [5, 5.41) is 1.30. The van der Waals surface area contributed by atoms with Crippen LogP contribution in [0, 0.1) is 0 Å². The van der Waals surface area contributed by atoms with Crippen molar-refractivity contribution in [2.24, 2.45) is 0 Å². The van der Waals surface area contributed by atoms with Crippen LogP contribution in [-0.4, -0.2) is 15.0 Å². The van der Waals surface area contributed by atoms with E-state index in [0.717, 1.165) is 15.0 Å². The van der Waals surface area contributed by atoms with E-state index >= 15 is 0 Å². The van der Waals surface area contributed by atoms with Crippen molar-refractivity contribution in [1.82, 2.24) is 0 Å². The van der Waals surface area contributed by atoms with Crippen LogP contribution in [0.3, 0.4) is 0 Å². The van der Waals surface area contributed by atoms with Gasteiger partial charge in [0.25, 0.3) is 0 Å². The summed E-state index contributed by atoms with van der Waals surface area (Å²) in [4.78, 5) is 0. The fraction of sp³-hybridized carbons (Fsp3) is 0.429. The molecule has 0 spiro atoms. The maximum absolute atomic E-state index is 2.27. The fourth-order valence-corrected chi connectivity index (χ4v) is 2.18. The van der Waals surface area contributed by atoms with Crippen LogP contribution in [-0.2, 0) is 0 Å². The Kier molecular flexibility index (Phi) is 1.93. The Bertz CT molecular complexity index is 142. The molecule has 0 aromatic rings. The summed E-state index contributed by atoms with van der Waals surface area (Å²) in [6, 6.07) is 0. The molecule has 0 aliphatic carbocycles. The van der Waals surface area contributed by atoms with Crippen molar-refractivity contribution in [3.05, 3.63) is 22.2 Å². The van der Waals surface area contributed by atoms with Crippen molar-refractivity contribution in [3.63, 3.8) is 0 Å². The minimum atomic E-state index is 0.777. The van der Waals surface area contributed by atoms with Crippen LogP contribution < -0.4 is 0 Å². The molecule has 1 aliphatic rings. The third-order valence-corrected chi connectivity index (χ3v) is 3.66. The van der Waals surface area contributed by atoms with E-state index in [1.54, 1.807) is 4.47 Å². The van der Waals surface area contributed by atoms with E-state index in [1.807, 2.05) is 0 Å². The average molecular weight is 173 g/mol. The van der Waals surface area contributed by atoms with Crippen molar-refractivity contribution in [2.45, 2.75) is 19.2 Å². The van der Waals surface area contributed by atoms with Crippen LogP contribution >= 0.6 is 0 Å². The summed E-state index contributed by atoms with van der Waals surface area (Å²) in [6.45, 7) is 4.42. The van der Waals surface area contributed by atoms with Gasteiger partial charge in [-0.05, 0) is 0 Å². The first kappa shape index (κ1) is 6.12. The van der Waals surface area contributed by atoms with Crippen molar-refractivity contribution in [3.8, 4) is 0 Å². The molecule has 0 saturated heterocycles. The summed E-state index contributed by atoms with van der Waals surface area (Å²) < 4.78 is 1.61. The third-order valence-electron chi connectivity index (χ3n) is 1.32. The van der Waals surface area contributed by atoms with Gasteiger partial charge in [0.2, 0.25) is 0 Å². The zero-order valence-electron chi connectivity index (χ0n) is 5.27. The molecular weight excluding hydrogens is 163 g/mol. The van der Waals surface area contributed by atoms with Crippen LogP contribution in [0.25, 0.3) is 0 Å². The van der Waals surface area contributed by atoms with Gasteiger partial charge in [0.05, 0.1) is 0 Å². The van der Waals surface area contributed by atoms with Gasteiger partial charge in [-0.3, -0.25) is 0 Å². The molecule has 1 aliphatic heterocycles. The molecule has 0 aromatic carbocycles. The van der Waals surface area contributed by atoms with E-state index in [-0.39, 0.29) is 0 Å². The van der Waals surface area contributed by atoms with Gasteiger partial charge in [-0.2, -0.15) is 0 Å². The quantitative estimate of drug-likeness (QED) is 0.491. The van der Waals surface area contributed by atoms with Gasteiger partial charge < -0.3 is 0 Å². The van der Waals surface area contributed by atoms with Crippen molar-refractivity contribution in [2.75, 3.05) is 0 Å². The molecule has 0 saturated carbocycles. The van der Waals surface area contributed by atoms with Crippen LogP contribution in [0.15, 0.2) is 22.2 Å². The van der Waals surface area contributed by atoms with Gasteiger partial charge >= 0.3 is 56.3 Å². The Morgan fingerprint density at radius 1 is 1.50 bits per heavy atom. The predicted octanol–water partition coefficient (Wildman–Crippen LogP) is 1.97. The Balaban J connectivity index is 2.76. The summed E-state index contributed by atoms with van der Waals surface area (Å²) in [5.41, 5.74) is 1.48. The van der Waals surface area contributed by atoms with Gasteiger partial charge in [0.1, 0.15) is 0 Å². The molecule has 8 heavy (non-hydrogen) atoms. The van der Waals surface area contributed by atoms with Crippen molar-refractivity contribution < 1.29 is 0 Å². The first-order valence-electron chi connectivity index (χ1n) is 2.77. The van der Waals surface area contributed by atoms with Gasteiger partial charge in [-0.25, -0.2) is 0 Å². The summed E-state index contributed by atoms with van der Waals surface area (Å²) >= 11 is 0.777. The predicted molar refractivity (Wildman–Crippen MR) is 38.1 cm³/mol. The number of rotatable bonds is 0. The van der Waals surface area contributed by atoms with Crippen LogP contribution in [0.4, 0.5) is 0 Å². The molecule has 0 radical (unpaired) electrons. The first-order chi connectivity index (χ1) is 3.80. The van der Waals surface area contributed by atoms with Crippen molar-refractivity contribution >= 4 is 15.0 Å². The first-order valence-corrected chi connectivity index (χ1v) is 4.84. The molecule has 0 fully saturated rings. The maximum atomic E-state index is 2.27. The van der Waals surface area contributed by atoms with E-state index in [2.05, 4.69) is 26.0 Å². The number of hydrogen-bond acceptors (Lipinski definition) is 0. The molecule has 0 unspecified atom stereocenters. The molecule has 44 valence electrons. The second-order valence-corrected chi connectivity index (χ2v) is 4.54. The molecule has 1 rings (SSSR count). The molecular formula is C7H10Se. The minimum absolute atomic E-state index is 0.777. The third kappa shape index (κ3) is 1.24. The van der Waals surface area contributed by atoms with Crippen LogP contribution in [0.2, 0.25) is 5.32 Å². The Labute approximate surface area is 56.8 Å². The second-order valence-electron chi connectivity index (χ2n) is 1.95. The second kappa shape index (κ2) is 2.52. The van der Waals surface area contributed by atoms with Gasteiger partial charge in [0, 0.05) is 0 Å². The van der Waals surface area contributed by atoms with Crippen LogP contribution in [0.5, 0.6) is 0 Å². The Morgan fingerprint density at radius 2 is 2.25 bits per heavy atom. The zero-order chi connectivity index (χ0) is 5.98. The standard InChI is InChI=1S/C7H10Se/c1-6-4-3-5-8-7(6)2/h3-4H,5H2,1-2H3. The zero-order valence-corrected chi connectivity index (χ0v) is 6.98. The summed E-state index contributed by atoms with van der Waals surface area (Å²) in [6.07, 6.45) is 4.49. The molecule has 0 amide bonds. The van der Waals surface area contributed by atoms with E-state index in [9.17, 15) is 0 Å². The van der Waals surface area contributed by atoms with Crippen LogP contribution in [0.1, 0.15) is 13.8 Å². The number of hydrogen-bond donors (Lipinski definition) is 0. The summed E-state index contributed by atoms with van der Waals surface area (Å²) in [7, 11) is 0. The Hall–Kier alpha value is -0.000519. The molecule has 0 nitrogen and oxygen atoms in total. The molecule has 0 atom stereocenters. The molecule has 1 heteroatoms. The van der Waals surface area contributed by atoms with Crippen molar-refractivity contribution in [1.29, 1.82) is 0 Å². The van der Waals surface area contributed by atoms with Gasteiger partial charge in [-0.1, -0.05) is 0 Å². The van der Waals surface area contributed by atoms with E-state index < -0.39 is 0 Å².